The Hall–Kier alpha value is -3.32. The van der Waals surface area contributed by atoms with Gasteiger partial charge in [-0.25, -0.2) is 0 Å². The normalized spacial score (nSPS) is 16.2. The SMILES string of the molecule is CN[C@H]1CCN(c2ccc(-n3ccc(OCc4ccccc4)cc3=O)c(=O)[nH]2)C1. The zero-order chi connectivity index (χ0) is 20.2. The molecular weight excluding hydrogens is 368 g/mol. The van der Waals surface area contributed by atoms with Crippen LogP contribution < -0.4 is 26.1 Å². The number of H-pyrrole nitrogens is 1. The Bertz CT molecular complexity index is 1090. The number of hydrogen-bond acceptors (Lipinski definition) is 5. The van der Waals surface area contributed by atoms with E-state index in [0.717, 1.165) is 30.9 Å². The molecule has 29 heavy (non-hydrogen) atoms. The van der Waals surface area contributed by atoms with Crippen LogP contribution in [0.5, 0.6) is 5.75 Å². The third kappa shape index (κ3) is 4.25. The lowest BCUT2D eigenvalue weighted by Crippen LogP contribution is -2.31. The highest BCUT2D eigenvalue weighted by molar-refractivity contribution is 5.45. The quantitative estimate of drug-likeness (QED) is 0.670. The molecular formula is C22H24N4O3. The van der Waals surface area contributed by atoms with Gasteiger partial charge in [-0.05, 0) is 37.2 Å². The molecule has 7 nitrogen and oxygen atoms in total. The summed E-state index contributed by atoms with van der Waals surface area (Å²) in [5.74, 6) is 1.24. The summed E-state index contributed by atoms with van der Waals surface area (Å²) in [6, 6.07) is 16.8. The average molecular weight is 392 g/mol. The minimum Gasteiger partial charge on any atom is -0.489 e. The fourth-order valence-corrected chi connectivity index (χ4v) is 3.53. The Balaban J connectivity index is 1.51. The van der Waals surface area contributed by atoms with Gasteiger partial charge in [0, 0.05) is 31.4 Å². The number of benzene rings is 1. The van der Waals surface area contributed by atoms with Gasteiger partial charge in [0.1, 0.15) is 23.9 Å². The van der Waals surface area contributed by atoms with E-state index in [2.05, 4.69) is 15.2 Å². The van der Waals surface area contributed by atoms with Gasteiger partial charge < -0.3 is 19.9 Å². The number of aromatic amines is 1. The lowest BCUT2D eigenvalue weighted by Gasteiger charge is -2.18. The molecule has 1 atom stereocenters. The van der Waals surface area contributed by atoms with Crippen molar-refractivity contribution < 1.29 is 4.74 Å². The third-order valence-electron chi connectivity index (χ3n) is 5.21. The van der Waals surface area contributed by atoms with E-state index in [4.69, 9.17) is 4.74 Å². The van der Waals surface area contributed by atoms with Gasteiger partial charge in [0.2, 0.25) is 0 Å². The summed E-state index contributed by atoms with van der Waals surface area (Å²) in [7, 11) is 1.94. The van der Waals surface area contributed by atoms with Crippen LogP contribution in [0.3, 0.4) is 0 Å². The van der Waals surface area contributed by atoms with Crippen molar-refractivity contribution in [3.63, 3.8) is 0 Å². The lowest BCUT2D eigenvalue weighted by molar-refractivity contribution is 0.305. The van der Waals surface area contributed by atoms with Gasteiger partial charge >= 0.3 is 0 Å². The minimum atomic E-state index is -0.315. The Morgan fingerprint density at radius 3 is 2.66 bits per heavy atom. The molecule has 0 amide bonds. The van der Waals surface area contributed by atoms with Gasteiger partial charge in [0.15, 0.2) is 0 Å². The van der Waals surface area contributed by atoms with Crippen LogP contribution in [-0.4, -0.2) is 35.7 Å². The number of nitrogens with one attached hydrogen (secondary N) is 2. The first kappa shape index (κ1) is 19.0. The second-order valence-corrected chi connectivity index (χ2v) is 7.12. The van der Waals surface area contributed by atoms with Crippen LogP contribution in [-0.2, 0) is 6.61 Å². The maximum Gasteiger partial charge on any atom is 0.273 e. The van der Waals surface area contributed by atoms with Gasteiger partial charge in [0.05, 0.1) is 0 Å². The molecule has 1 aliphatic heterocycles. The second-order valence-electron chi connectivity index (χ2n) is 7.12. The Kier molecular flexibility index (Phi) is 5.48. The molecule has 0 spiro atoms. The summed E-state index contributed by atoms with van der Waals surface area (Å²) in [6.45, 7) is 2.11. The van der Waals surface area contributed by atoms with Crippen LogP contribution in [0.2, 0.25) is 0 Å². The lowest BCUT2D eigenvalue weighted by atomic mass is 10.2. The third-order valence-corrected chi connectivity index (χ3v) is 5.21. The molecule has 0 aliphatic carbocycles. The molecule has 0 saturated carbocycles. The first-order chi connectivity index (χ1) is 14.1. The standard InChI is InChI=1S/C22H24N4O3/c1-23-17-9-11-25(14-17)20-8-7-19(22(28)24-20)26-12-10-18(13-21(26)27)29-15-16-5-3-2-4-6-16/h2-8,10,12-13,17,23H,9,11,14-15H2,1H3,(H,24,28)/t17-/m0/s1. The van der Waals surface area contributed by atoms with E-state index in [1.807, 2.05) is 43.4 Å². The van der Waals surface area contributed by atoms with Crippen LogP contribution in [0, 0.1) is 0 Å². The summed E-state index contributed by atoms with van der Waals surface area (Å²) in [6.07, 6.45) is 2.60. The van der Waals surface area contributed by atoms with Crippen molar-refractivity contribution in [2.75, 3.05) is 25.0 Å². The summed E-state index contributed by atoms with van der Waals surface area (Å²) >= 11 is 0. The molecule has 0 unspecified atom stereocenters. The molecule has 0 radical (unpaired) electrons. The summed E-state index contributed by atoms with van der Waals surface area (Å²) < 4.78 is 7.02. The maximum absolute atomic E-state index is 12.6. The molecule has 4 rings (SSSR count). The molecule has 0 bridgehead atoms. The van der Waals surface area contributed by atoms with Crippen LogP contribution in [0.15, 0.2) is 70.4 Å². The number of anilines is 1. The van der Waals surface area contributed by atoms with Gasteiger partial charge in [-0.1, -0.05) is 30.3 Å². The minimum absolute atomic E-state index is 0.290. The Morgan fingerprint density at radius 2 is 1.97 bits per heavy atom. The predicted octanol–water partition coefficient (Wildman–Crippen LogP) is 1.90. The number of rotatable bonds is 6. The fourth-order valence-electron chi connectivity index (χ4n) is 3.53. The largest absolute Gasteiger partial charge is 0.489 e. The zero-order valence-corrected chi connectivity index (χ0v) is 16.3. The van der Waals surface area contributed by atoms with E-state index in [0.29, 0.717) is 18.4 Å². The van der Waals surface area contributed by atoms with E-state index >= 15 is 0 Å². The molecule has 3 heterocycles. The number of likely N-dealkylation sites (N-methyl/N-ethyl adjacent to an activating group) is 1. The highest BCUT2D eigenvalue weighted by Gasteiger charge is 2.22. The molecule has 1 fully saturated rings. The monoisotopic (exact) mass is 392 g/mol. The highest BCUT2D eigenvalue weighted by atomic mass is 16.5. The van der Waals surface area contributed by atoms with Crippen LogP contribution in [0.1, 0.15) is 12.0 Å². The van der Waals surface area contributed by atoms with Gasteiger partial charge in [0.25, 0.3) is 11.1 Å². The number of aromatic nitrogens is 2. The highest BCUT2D eigenvalue weighted by Crippen LogP contribution is 2.17. The number of nitrogens with zero attached hydrogens (tertiary/aromatic N) is 2. The Morgan fingerprint density at radius 1 is 1.14 bits per heavy atom. The van der Waals surface area contributed by atoms with Crippen LogP contribution in [0.25, 0.3) is 5.69 Å². The average Bonchev–Trinajstić information content (AvgIpc) is 3.23. The maximum atomic E-state index is 12.6. The second kappa shape index (κ2) is 8.36. The van der Waals surface area contributed by atoms with Crippen molar-refractivity contribution in [2.24, 2.45) is 0 Å². The van der Waals surface area contributed by atoms with Crippen molar-refractivity contribution in [2.45, 2.75) is 19.1 Å². The van der Waals surface area contributed by atoms with Crippen molar-refractivity contribution >= 4 is 5.82 Å². The molecule has 150 valence electrons. The first-order valence-electron chi connectivity index (χ1n) is 9.69. The summed E-state index contributed by atoms with van der Waals surface area (Å²) in [4.78, 5) is 30.2. The van der Waals surface area contributed by atoms with E-state index in [9.17, 15) is 9.59 Å². The molecule has 1 saturated heterocycles. The zero-order valence-electron chi connectivity index (χ0n) is 16.3. The summed E-state index contributed by atoms with van der Waals surface area (Å²) in [5.41, 5.74) is 0.699. The van der Waals surface area contributed by atoms with Crippen molar-refractivity contribution in [1.29, 1.82) is 0 Å². The number of ether oxygens (including phenoxy) is 1. The molecule has 1 aromatic carbocycles. The molecule has 7 heteroatoms. The van der Waals surface area contributed by atoms with Crippen LogP contribution >= 0.6 is 0 Å². The molecule has 2 N–H and O–H groups in total. The predicted molar refractivity (Wildman–Crippen MR) is 113 cm³/mol. The number of pyridine rings is 2. The molecule has 2 aromatic heterocycles. The van der Waals surface area contributed by atoms with E-state index in [-0.39, 0.29) is 16.8 Å². The van der Waals surface area contributed by atoms with Gasteiger partial charge in [-0.3, -0.25) is 14.2 Å². The Labute approximate surface area is 168 Å². The van der Waals surface area contributed by atoms with Gasteiger partial charge in [-0.2, -0.15) is 0 Å². The van der Waals surface area contributed by atoms with Crippen molar-refractivity contribution in [3.8, 4) is 11.4 Å². The molecule has 1 aliphatic rings. The van der Waals surface area contributed by atoms with E-state index in [1.165, 1.54) is 10.6 Å². The van der Waals surface area contributed by atoms with Crippen molar-refractivity contribution in [3.05, 3.63) is 87.1 Å². The van der Waals surface area contributed by atoms with E-state index < -0.39 is 0 Å². The van der Waals surface area contributed by atoms with Crippen LogP contribution in [0.4, 0.5) is 5.82 Å². The number of hydrogen-bond donors (Lipinski definition) is 2. The smallest absolute Gasteiger partial charge is 0.273 e. The fraction of sp³-hybridized carbons (Fsp3) is 0.273. The molecule has 3 aromatic rings. The summed E-state index contributed by atoms with van der Waals surface area (Å²) in [5, 5.41) is 3.26. The van der Waals surface area contributed by atoms with Crippen molar-refractivity contribution in [1.82, 2.24) is 14.9 Å². The van der Waals surface area contributed by atoms with E-state index in [1.54, 1.807) is 18.3 Å². The topological polar surface area (TPSA) is 79.4 Å². The van der Waals surface area contributed by atoms with Gasteiger partial charge in [-0.15, -0.1) is 0 Å². The first-order valence-corrected chi connectivity index (χ1v) is 9.69.